The van der Waals surface area contributed by atoms with Gasteiger partial charge in [-0.3, -0.25) is 20.2 Å². The predicted molar refractivity (Wildman–Crippen MR) is 55.3 cm³/mol. The first kappa shape index (κ1) is 12.6. The Labute approximate surface area is 93.4 Å². The number of carbonyl (C=O) groups is 3. The van der Waals surface area contributed by atoms with Gasteiger partial charge in [0.15, 0.2) is 0 Å². The monoisotopic (exact) mass is 228 g/mol. The van der Waals surface area contributed by atoms with E-state index in [9.17, 15) is 19.5 Å². The lowest BCUT2D eigenvalue weighted by atomic mass is 9.76. The highest BCUT2D eigenvalue weighted by Gasteiger charge is 2.49. The summed E-state index contributed by atoms with van der Waals surface area (Å²) in [5, 5.41) is 13.5. The van der Waals surface area contributed by atoms with Crippen LogP contribution in [0.4, 0.5) is 4.79 Å². The van der Waals surface area contributed by atoms with Gasteiger partial charge in [0.2, 0.25) is 11.8 Å². The lowest BCUT2D eigenvalue weighted by Gasteiger charge is -2.34. The molecule has 1 aliphatic heterocycles. The molecule has 4 amide bonds. The third-order valence-electron chi connectivity index (χ3n) is 2.64. The van der Waals surface area contributed by atoms with Crippen LogP contribution in [0.25, 0.3) is 0 Å². The SMILES string of the molecule is CCCC1(CC(C)O)C(=O)NC(=O)NC1=O. The average molecular weight is 228 g/mol. The molecule has 0 saturated carbocycles. The molecule has 0 radical (unpaired) electrons. The standard InChI is InChI=1S/C10H16N2O4/c1-3-4-10(5-6(2)13)7(14)11-9(16)12-8(10)15/h6,13H,3-5H2,1-2H3,(H2,11,12,14,15,16). The summed E-state index contributed by atoms with van der Waals surface area (Å²) in [5.41, 5.74) is -1.32. The Balaban J connectivity index is 3.01. The molecule has 3 N–H and O–H groups in total. The quantitative estimate of drug-likeness (QED) is 0.586. The summed E-state index contributed by atoms with van der Waals surface area (Å²) in [4.78, 5) is 34.5. The summed E-state index contributed by atoms with van der Waals surface area (Å²) in [5.74, 6) is -1.24. The molecule has 16 heavy (non-hydrogen) atoms. The summed E-state index contributed by atoms with van der Waals surface area (Å²) >= 11 is 0. The lowest BCUT2D eigenvalue weighted by Crippen LogP contribution is -2.63. The van der Waals surface area contributed by atoms with Gasteiger partial charge in [-0.05, 0) is 19.8 Å². The summed E-state index contributed by atoms with van der Waals surface area (Å²) < 4.78 is 0. The number of carbonyl (C=O) groups excluding carboxylic acids is 3. The Morgan fingerprint density at radius 2 is 1.75 bits per heavy atom. The maximum absolute atomic E-state index is 11.8. The van der Waals surface area contributed by atoms with E-state index in [0.29, 0.717) is 12.8 Å². The molecule has 1 atom stereocenters. The number of amides is 4. The number of hydrogen-bond acceptors (Lipinski definition) is 4. The molecule has 1 fully saturated rings. The Bertz CT molecular complexity index is 305. The topological polar surface area (TPSA) is 95.5 Å². The smallest absolute Gasteiger partial charge is 0.328 e. The molecule has 1 rings (SSSR count). The van der Waals surface area contributed by atoms with Gasteiger partial charge in [-0.25, -0.2) is 4.79 Å². The van der Waals surface area contributed by atoms with Crippen molar-refractivity contribution < 1.29 is 19.5 Å². The molecule has 1 unspecified atom stereocenters. The van der Waals surface area contributed by atoms with Gasteiger partial charge in [0.05, 0.1) is 6.10 Å². The van der Waals surface area contributed by atoms with E-state index in [4.69, 9.17) is 0 Å². The molecular formula is C10H16N2O4. The van der Waals surface area contributed by atoms with Crippen LogP contribution in [0.15, 0.2) is 0 Å². The van der Waals surface area contributed by atoms with Gasteiger partial charge in [0.1, 0.15) is 5.41 Å². The fourth-order valence-corrected chi connectivity index (χ4v) is 2.03. The van der Waals surface area contributed by atoms with Crippen LogP contribution >= 0.6 is 0 Å². The molecule has 1 heterocycles. The molecule has 0 aromatic carbocycles. The predicted octanol–water partition coefficient (Wildman–Crippen LogP) is -0.0902. The summed E-state index contributed by atoms with van der Waals surface area (Å²) in [7, 11) is 0. The van der Waals surface area contributed by atoms with Crippen molar-refractivity contribution in [2.45, 2.75) is 39.2 Å². The Morgan fingerprint density at radius 3 is 2.12 bits per heavy atom. The Morgan fingerprint density at radius 1 is 1.25 bits per heavy atom. The molecule has 0 aromatic heterocycles. The van der Waals surface area contributed by atoms with Crippen LogP contribution in [0, 0.1) is 5.41 Å². The number of aliphatic hydroxyl groups is 1. The molecule has 1 saturated heterocycles. The van der Waals surface area contributed by atoms with Crippen LogP contribution in [0.5, 0.6) is 0 Å². The van der Waals surface area contributed by atoms with Gasteiger partial charge in [-0.1, -0.05) is 13.3 Å². The van der Waals surface area contributed by atoms with Gasteiger partial charge in [-0.2, -0.15) is 0 Å². The largest absolute Gasteiger partial charge is 0.393 e. The molecular weight excluding hydrogens is 212 g/mol. The van der Waals surface area contributed by atoms with E-state index in [1.54, 1.807) is 0 Å². The zero-order valence-corrected chi connectivity index (χ0v) is 9.37. The van der Waals surface area contributed by atoms with Gasteiger partial charge < -0.3 is 5.11 Å². The maximum atomic E-state index is 11.8. The maximum Gasteiger partial charge on any atom is 0.328 e. The first-order valence-electron chi connectivity index (χ1n) is 5.27. The highest BCUT2D eigenvalue weighted by atomic mass is 16.3. The van der Waals surface area contributed by atoms with Gasteiger partial charge in [0, 0.05) is 0 Å². The van der Waals surface area contributed by atoms with Gasteiger partial charge in [-0.15, -0.1) is 0 Å². The zero-order chi connectivity index (χ0) is 12.3. The number of imide groups is 2. The molecule has 1 aliphatic rings. The molecule has 6 nitrogen and oxygen atoms in total. The van der Waals surface area contributed by atoms with Crippen molar-refractivity contribution in [3.05, 3.63) is 0 Å². The Hall–Kier alpha value is -1.43. The molecule has 0 bridgehead atoms. The number of nitrogens with one attached hydrogen (secondary N) is 2. The minimum absolute atomic E-state index is 0.0196. The Kier molecular flexibility index (Phi) is 3.64. The number of rotatable bonds is 4. The number of barbiturate groups is 1. The fourth-order valence-electron chi connectivity index (χ4n) is 2.03. The van der Waals surface area contributed by atoms with Crippen LogP contribution in [-0.4, -0.2) is 29.1 Å². The van der Waals surface area contributed by atoms with Crippen LogP contribution in [0.1, 0.15) is 33.1 Å². The van der Waals surface area contributed by atoms with E-state index in [1.807, 2.05) is 6.92 Å². The second-order valence-corrected chi connectivity index (χ2v) is 4.12. The van der Waals surface area contributed by atoms with Crippen molar-refractivity contribution in [1.82, 2.24) is 10.6 Å². The van der Waals surface area contributed by atoms with Crippen molar-refractivity contribution >= 4 is 17.8 Å². The fraction of sp³-hybridized carbons (Fsp3) is 0.700. The van der Waals surface area contributed by atoms with E-state index in [1.165, 1.54) is 6.92 Å². The van der Waals surface area contributed by atoms with E-state index in [2.05, 4.69) is 10.6 Å². The van der Waals surface area contributed by atoms with Crippen LogP contribution < -0.4 is 10.6 Å². The molecule has 90 valence electrons. The second kappa shape index (κ2) is 4.61. The number of aliphatic hydroxyl groups excluding tert-OH is 1. The van der Waals surface area contributed by atoms with Crippen LogP contribution in [-0.2, 0) is 9.59 Å². The first-order valence-corrected chi connectivity index (χ1v) is 5.27. The molecule has 0 spiro atoms. The minimum atomic E-state index is -1.32. The summed E-state index contributed by atoms with van der Waals surface area (Å²) in [6.07, 6.45) is 0.160. The summed E-state index contributed by atoms with van der Waals surface area (Å²) in [6, 6.07) is -0.799. The molecule has 6 heteroatoms. The van der Waals surface area contributed by atoms with Crippen molar-refractivity contribution in [2.24, 2.45) is 5.41 Å². The zero-order valence-electron chi connectivity index (χ0n) is 9.37. The van der Waals surface area contributed by atoms with E-state index in [-0.39, 0.29) is 6.42 Å². The van der Waals surface area contributed by atoms with Crippen LogP contribution in [0.2, 0.25) is 0 Å². The summed E-state index contributed by atoms with van der Waals surface area (Å²) in [6.45, 7) is 3.34. The van der Waals surface area contributed by atoms with E-state index < -0.39 is 29.4 Å². The second-order valence-electron chi connectivity index (χ2n) is 4.12. The average Bonchev–Trinajstić information content (AvgIpc) is 2.13. The normalized spacial score (nSPS) is 21.3. The third kappa shape index (κ3) is 2.21. The molecule has 0 aromatic rings. The van der Waals surface area contributed by atoms with Crippen molar-refractivity contribution in [3.63, 3.8) is 0 Å². The number of urea groups is 1. The van der Waals surface area contributed by atoms with Crippen molar-refractivity contribution in [2.75, 3.05) is 0 Å². The van der Waals surface area contributed by atoms with E-state index >= 15 is 0 Å². The van der Waals surface area contributed by atoms with Crippen LogP contribution in [0.3, 0.4) is 0 Å². The lowest BCUT2D eigenvalue weighted by molar-refractivity contribution is -0.147. The molecule has 0 aliphatic carbocycles. The minimum Gasteiger partial charge on any atom is -0.393 e. The highest BCUT2D eigenvalue weighted by Crippen LogP contribution is 2.32. The first-order chi connectivity index (χ1) is 7.42. The van der Waals surface area contributed by atoms with Crippen molar-refractivity contribution in [3.8, 4) is 0 Å². The van der Waals surface area contributed by atoms with Crippen molar-refractivity contribution in [1.29, 1.82) is 0 Å². The number of hydrogen-bond donors (Lipinski definition) is 3. The van der Waals surface area contributed by atoms with Gasteiger partial charge in [0.25, 0.3) is 0 Å². The third-order valence-corrected chi connectivity index (χ3v) is 2.64. The van der Waals surface area contributed by atoms with E-state index in [0.717, 1.165) is 0 Å². The van der Waals surface area contributed by atoms with Gasteiger partial charge >= 0.3 is 6.03 Å². The highest BCUT2D eigenvalue weighted by molar-refractivity contribution is 6.19.